The lowest BCUT2D eigenvalue weighted by molar-refractivity contribution is 0.654. The van der Waals surface area contributed by atoms with E-state index < -0.39 is 0 Å². The minimum Gasteiger partial charge on any atom is -0.228 e. The van der Waals surface area contributed by atoms with E-state index in [1.807, 2.05) is 0 Å². The molecule has 0 unspecified atom stereocenters. The predicted molar refractivity (Wildman–Crippen MR) is 167 cm³/mol. The fourth-order valence-corrected chi connectivity index (χ4v) is 7.76. The summed E-state index contributed by atoms with van der Waals surface area (Å²) in [5, 5.41) is 0. The van der Waals surface area contributed by atoms with Crippen molar-refractivity contribution in [1.29, 1.82) is 0 Å². The van der Waals surface area contributed by atoms with E-state index in [4.69, 9.17) is 9.97 Å². The van der Waals surface area contributed by atoms with Crippen molar-refractivity contribution in [3.63, 3.8) is 0 Å². The van der Waals surface area contributed by atoms with Gasteiger partial charge in [0.05, 0.1) is 11.4 Å². The number of nitrogens with zero attached hydrogens (tertiary/aromatic N) is 2. The minimum atomic E-state index is -0.0340. The van der Waals surface area contributed by atoms with E-state index in [-0.39, 0.29) is 5.41 Å². The second-order valence-electron chi connectivity index (χ2n) is 12.1. The molecule has 1 aromatic heterocycles. The van der Waals surface area contributed by atoms with Crippen LogP contribution in [0, 0.1) is 0 Å². The zero-order valence-electron chi connectivity index (χ0n) is 23.2. The molecule has 41 heavy (non-hydrogen) atoms. The van der Waals surface area contributed by atoms with Gasteiger partial charge in [-0.15, -0.1) is 0 Å². The molecule has 9 rings (SSSR count). The van der Waals surface area contributed by atoms with Gasteiger partial charge in [-0.1, -0.05) is 123 Å². The van der Waals surface area contributed by atoms with Crippen molar-refractivity contribution in [3.8, 4) is 56.2 Å². The van der Waals surface area contributed by atoms with Crippen molar-refractivity contribution in [2.45, 2.75) is 32.1 Å². The Morgan fingerprint density at radius 2 is 1.15 bits per heavy atom. The fourth-order valence-electron chi connectivity index (χ4n) is 7.76. The van der Waals surface area contributed by atoms with Crippen LogP contribution in [-0.2, 0) is 18.3 Å². The molecule has 0 saturated carbocycles. The largest absolute Gasteiger partial charge is 0.228 e. The third kappa shape index (κ3) is 3.08. The highest BCUT2D eigenvalue weighted by Gasteiger charge is 2.40. The van der Waals surface area contributed by atoms with Gasteiger partial charge in [0.2, 0.25) is 0 Å². The molecule has 0 radical (unpaired) electrons. The van der Waals surface area contributed by atoms with E-state index in [1.54, 1.807) is 0 Å². The number of hydrogen-bond donors (Lipinski definition) is 0. The van der Waals surface area contributed by atoms with Crippen molar-refractivity contribution in [2.24, 2.45) is 0 Å². The van der Waals surface area contributed by atoms with Gasteiger partial charge in [0, 0.05) is 34.1 Å². The molecule has 0 amide bonds. The Balaban J connectivity index is 1.25. The Bertz CT molecular complexity index is 2070. The lowest BCUT2D eigenvalue weighted by Crippen LogP contribution is -2.17. The van der Waals surface area contributed by atoms with Gasteiger partial charge in [-0.05, 0) is 56.5 Å². The van der Waals surface area contributed by atoms with E-state index >= 15 is 0 Å². The van der Waals surface area contributed by atoms with Gasteiger partial charge in [-0.25, -0.2) is 9.97 Å². The minimum absolute atomic E-state index is 0.0340. The summed E-state index contributed by atoms with van der Waals surface area (Å²) in [6.07, 6.45) is 1.77. The van der Waals surface area contributed by atoms with E-state index in [9.17, 15) is 0 Å². The van der Waals surface area contributed by atoms with Crippen LogP contribution in [0.3, 0.4) is 0 Å². The van der Waals surface area contributed by atoms with Crippen LogP contribution in [0.2, 0.25) is 0 Å². The Morgan fingerprint density at radius 1 is 0.488 bits per heavy atom. The van der Waals surface area contributed by atoms with Crippen molar-refractivity contribution < 1.29 is 0 Å². The van der Waals surface area contributed by atoms with Crippen molar-refractivity contribution >= 4 is 0 Å². The van der Waals surface area contributed by atoms with Gasteiger partial charge < -0.3 is 0 Å². The maximum absolute atomic E-state index is 5.33. The summed E-state index contributed by atoms with van der Waals surface area (Å²) < 4.78 is 0. The first-order valence-electron chi connectivity index (χ1n) is 14.5. The van der Waals surface area contributed by atoms with Gasteiger partial charge >= 0.3 is 0 Å². The van der Waals surface area contributed by atoms with Crippen LogP contribution in [0.4, 0.5) is 0 Å². The van der Waals surface area contributed by atoms with Crippen LogP contribution in [0.25, 0.3) is 56.2 Å². The van der Waals surface area contributed by atoms with Gasteiger partial charge in [0.1, 0.15) is 0 Å². The third-order valence-corrected chi connectivity index (χ3v) is 9.58. The van der Waals surface area contributed by atoms with Crippen molar-refractivity contribution in [3.05, 3.63) is 143 Å². The lowest BCUT2D eigenvalue weighted by Gasteiger charge is -2.24. The standard InChI is InChI=1S/C39H28N2/c1-39(2)34-18-9-8-15-28(34)29-20-19-27-26-16-10-17-30(31(26)22-32(27)35(29)39)38-40-36(23-11-4-3-5-12-23)33-21-24-13-6-7-14-25(24)37(33)41-38/h3-20H,21-22H2,1-2H3. The molecule has 6 aromatic rings. The van der Waals surface area contributed by atoms with Gasteiger partial charge in [0.25, 0.3) is 0 Å². The van der Waals surface area contributed by atoms with Gasteiger partial charge in [-0.2, -0.15) is 0 Å². The summed E-state index contributed by atoms with van der Waals surface area (Å²) in [7, 11) is 0. The number of fused-ring (bicyclic) bond motifs is 10. The predicted octanol–water partition coefficient (Wildman–Crippen LogP) is 9.26. The van der Waals surface area contributed by atoms with Crippen LogP contribution < -0.4 is 0 Å². The third-order valence-electron chi connectivity index (χ3n) is 9.58. The molecule has 0 atom stereocenters. The molecule has 0 bridgehead atoms. The average molecular weight is 525 g/mol. The van der Waals surface area contributed by atoms with Crippen LogP contribution in [-0.4, -0.2) is 9.97 Å². The summed E-state index contributed by atoms with van der Waals surface area (Å²) in [6, 6.07) is 39.6. The number of aromatic nitrogens is 2. The first-order valence-corrected chi connectivity index (χ1v) is 14.5. The summed E-state index contributed by atoms with van der Waals surface area (Å²) in [5.41, 5.74) is 19.3. The molecule has 1 heterocycles. The van der Waals surface area contributed by atoms with Crippen LogP contribution in [0.15, 0.2) is 109 Å². The Morgan fingerprint density at radius 3 is 2.02 bits per heavy atom. The first-order chi connectivity index (χ1) is 20.1. The summed E-state index contributed by atoms with van der Waals surface area (Å²) >= 11 is 0. The summed E-state index contributed by atoms with van der Waals surface area (Å²) in [4.78, 5) is 10.6. The highest BCUT2D eigenvalue weighted by atomic mass is 14.9. The smallest absolute Gasteiger partial charge is 0.160 e. The second-order valence-corrected chi connectivity index (χ2v) is 12.1. The Kier molecular flexibility index (Phi) is 4.54. The molecular weight excluding hydrogens is 496 g/mol. The monoisotopic (exact) mass is 524 g/mol. The normalized spacial score (nSPS) is 14.6. The van der Waals surface area contributed by atoms with Crippen LogP contribution >= 0.6 is 0 Å². The van der Waals surface area contributed by atoms with Crippen LogP contribution in [0.1, 0.15) is 47.2 Å². The molecule has 2 heteroatoms. The number of hydrogen-bond acceptors (Lipinski definition) is 2. The molecule has 0 N–H and O–H groups in total. The second kappa shape index (κ2) is 8.11. The molecule has 194 valence electrons. The average Bonchev–Trinajstić information content (AvgIpc) is 3.65. The van der Waals surface area contributed by atoms with Crippen molar-refractivity contribution in [2.75, 3.05) is 0 Å². The Hall–Kier alpha value is -4.82. The van der Waals surface area contributed by atoms with E-state index in [1.165, 1.54) is 61.2 Å². The quantitative estimate of drug-likeness (QED) is 0.225. The van der Waals surface area contributed by atoms with Crippen molar-refractivity contribution in [1.82, 2.24) is 9.97 Å². The van der Waals surface area contributed by atoms with E-state index in [2.05, 4.69) is 123 Å². The first kappa shape index (κ1) is 22.9. The zero-order chi connectivity index (χ0) is 27.3. The molecule has 0 fully saturated rings. The Labute approximate surface area is 240 Å². The molecule has 0 spiro atoms. The highest BCUT2D eigenvalue weighted by molar-refractivity contribution is 5.92. The lowest BCUT2D eigenvalue weighted by atomic mass is 9.79. The molecular formula is C39H28N2. The molecule has 0 aliphatic heterocycles. The molecule has 5 aromatic carbocycles. The molecule has 0 saturated heterocycles. The molecule has 3 aliphatic carbocycles. The van der Waals surface area contributed by atoms with E-state index in [0.717, 1.165) is 41.2 Å². The summed E-state index contributed by atoms with van der Waals surface area (Å²) in [5.74, 6) is 0.822. The van der Waals surface area contributed by atoms with Crippen LogP contribution in [0.5, 0.6) is 0 Å². The fraction of sp³-hybridized carbons (Fsp3) is 0.128. The highest BCUT2D eigenvalue weighted by Crippen LogP contribution is 2.55. The maximum atomic E-state index is 5.33. The zero-order valence-corrected chi connectivity index (χ0v) is 23.2. The van der Waals surface area contributed by atoms with Gasteiger partial charge in [0.15, 0.2) is 5.82 Å². The van der Waals surface area contributed by atoms with E-state index in [0.29, 0.717) is 0 Å². The molecule has 3 aliphatic rings. The molecule has 2 nitrogen and oxygen atoms in total. The SMILES string of the molecule is CC1(C)c2ccccc2-c2ccc3c(c21)Cc1c(-c2nc(-c4ccccc4)c4c(n2)-c2ccccc2C4)cccc1-3. The number of rotatable bonds is 2. The summed E-state index contributed by atoms with van der Waals surface area (Å²) in [6.45, 7) is 4.77. The maximum Gasteiger partial charge on any atom is 0.160 e. The number of benzene rings is 5. The van der Waals surface area contributed by atoms with Gasteiger partial charge in [-0.3, -0.25) is 0 Å². The topological polar surface area (TPSA) is 25.8 Å².